The number of ether oxygens (including phenoxy) is 1. The van der Waals surface area contributed by atoms with Crippen molar-refractivity contribution in [3.63, 3.8) is 0 Å². The molecule has 118 valence electrons. The first-order chi connectivity index (χ1) is 9.83. The van der Waals surface area contributed by atoms with Crippen LogP contribution in [0.2, 0.25) is 0 Å². The second kappa shape index (κ2) is 6.53. The van der Waals surface area contributed by atoms with Crippen LogP contribution in [0.15, 0.2) is 6.20 Å². The third kappa shape index (κ3) is 5.09. The fraction of sp³-hybridized carbons (Fsp3) is 0.786. The minimum absolute atomic E-state index is 0.0313. The molecular formula is C14H25N5O2. The van der Waals surface area contributed by atoms with Crippen molar-refractivity contribution in [2.24, 2.45) is 0 Å². The minimum atomic E-state index is 0.0313. The molecule has 0 spiro atoms. The number of carbonyl (C=O) groups is 1. The van der Waals surface area contributed by atoms with Crippen molar-refractivity contribution in [3.05, 3.63) is 11.9 Å². The van der Waals surface area contributed by atoms with Gasteiger partial charge in [0.1, 0.15) is 6.54 Å². The van der Waals surface area contributed by atoms with Gasteiger partial charge in [-0.05, 0) is 27.7 Å². The highest BCUT2D eigenvalue weighted by molar-refractivity contribution is 5.76. The van der Waals surface area contributed by atoms with E-state index in [4.69, 9.17) is 4.74 Å². The van der Waals surface area contributed by atoms with Crippen molar-refractivity contribution in [2.45, 2.75) is 52.4 Å². The molecule has 1 unspecified atom stereocenters. The highest BCUT2D eigenvalue weighted by Crippen LogP contribution is 2.06. The third-order valence-corrected chi connectivity index (χ3v) is 3.28. The summed E-state index contributed by atoms with van der Waals surface area (Å²) in [5.41, 5.74) is 0.872. The summed E-state index contributed by atoms with van der Waals surface area (Å²) in [6, 6.07) is 0. The zero-order chi connectivity index (χ0) is 15.5. The molecule has 21 heavy (non-hydrogen) atoms. The lowest BCUT2D eigenvalue weighted by Crippen LogP contribution is -2.45. The van der Waals surface area contributed by atoms with Crippen molar-refractivity contribution in [1.82, 2.24) is 25.2 Å². The number of hydrogen-bond donors (Lipinski definition) is 1. The zero-order valence-electron chi connectivity index (χ0n) is 13.3. The first kappa shape index (κ1) is 15.9. The van der Waals surface area contributed by atoms with E-state index in [0.717, 1.165) is 5.69 Å². The first-order valence-corrected chi connectivity index (χ1v) is 7.37. The molecule has 0 aromatic carbocycles. The number of amides is 1. The SMILES string of the molecule is CC1CN(C(=O)Cn2cc(CNC(C)(C)C)nn2)CCO1. The molecule has 1 atom stereocenters. The van der Waals surface area contributed by atoms with Gasteiger partial charge in [-0.25, -0.2) is 4.68 Å². The Morgan fingerprint density at radius 1 is 1.52 bits per heavy atom. The Hall–Kier alpha value is -1.47. The van der Waals surface area contributed by atoms with Gasteiger partial charge < -0.3 is 15.0 Å². The summed E-state index contributed by atoms with van der Waals surface area (Å²) >= 11 is 0. The topological polar surface area (TPSA) is 72.3 Å². The van der Waals surface area contributed by atoms with E-state index in [9.17, 15) is 4.79 Å². The maximum Gasteiger partial charge on any atom is 0.244 e. The monoisotopic (exact) mass is 295 g/mol. The van der Waals surface area contributed by atoms with Crippen LogP contribution in [0.5, 0.6) is 0 Å². The van der Waals surface area contributed by atoms with Gasteiger partial charge in [-0.15, -0.1) is 5.10 Å². The average Bonchev–Trinajstić information content (AvgIpc) is 2.83. The lowest BCUT2D eigenvalue weighted by Gasteiger charge is -2.31. The van der Waals surface area contributed by atoms with Crippen LogP contribution in [0.4, 0.5) is 0 Å². The predicted octanol–water partition coefficient (Wildman–Crippen LogP) is 0.414. The molecule has 1 saturated heterocycles. The largest absolute Gasteiger partial charge is 0.375 e. The van der Waals surface area contributed by atoms with E-state index in [1.54, 1.807) is 4.68 Å². The Morgan fingerprint density at radius 3 is 2.95 bits per heavy atom. The van der Waals surface area contributed by atoms with Gasteiger partial charge >= 0.3 is 0 Å². The third-order valence-electron chi connectivity index (χ3n) is 3.28. The number of aromatic nitrogens is 3. The number of nitrogens with zero attached hydrogens (tertiary/aromatic N) is 4. The molecule has 2 rings (SSSR count). The summed E-state index contributed by atoms with van der Waals surface area (Å²) in [5, 5.41) is 11.5. The molecule has 1 fully saturated rings. The molecule has 1 aromatic heterocycles. The summed E-state index contributed by atoms with van der Waals surface area (Å²) in [6.45, 7) is 11.0. The molecule has 1 aromatic rings. The highest BCUT2D eigenvalue weighted by Gasteiger charge is 2.21. The Kier molecular flexibility index (Phi) is 4.95. The number of carbonyl (C=O) groups excluding carboxylic acids is 1. The van der Waals surface area contributed by atoms with Crippen molar-refractivity contribution in [1.29, 1.82) is 0 Å². The van der Waals surface area contributed by atoms with Crippen LogP contribution in [-0.2, 0) is 22.6 Å². The second-order valence-corrected chi connectivity index (χ2v) is 6.53. The molecular weight excluding hydrogens is 270 g/mol. The summed E-state index contributed by atoms with van der Waals surface area (Å²) in [5.74, 6) is 0.0605. The Morgan fingerprint density at radius 2 is 2.29 bits per heavy atom. The van der Waals surface area contributed by atoms with Crippen LogP contribution in [0, 0.1) is 0 Å². The quantitative estimate of drug-likeness (QED) is 0.871. The van der Waals surface area contributed by atoms with Crippen LogP contribution < -0.4 is 5.32 Å². The van der Waals surface area contributed by atoms with Crippen LogP contribution in [0.3, 0.4) is 0 Å². The number of morpholine rings is 1. The van der Waals surface area contributed by atoms with E-state index < -0.39 is 0 Å². The zero-order valence-corrected chi connectivity index (χ0v) is 13.3. The van der Waals surface area contributed by atoms with Crippen LogP contribution >= 0.6 is 0 Å². The van der Waals surface area contributed by atoms with Gasteiger partial charge in [0.15, 0.2) is 0 Å². The predicted molar refractivity (Wildman–Crippen MR) is 78.6 cm³/mol. The fourth-order valence-electron chi connectivity index (χ4n) is 2.14. The number of nitrogens with one attached hydrogen (secondary N) is 1. The summed E-state index contributed by atoms with van der Waals surface area (Å²) in [6.07, 6.45) is 1.92. The van der Waals surface area contributed by atoms with E-state index >= 15 is 0 Å². The van der Waals surface area contributed by atoms with Gasteiger partial charge in [0, 0.05) is 25.2 Å². The van der Waals surface area contributed by atoms with Crippen LogP contribution in [-0.4, -0.2) is 57.1 Å². The molecule has 0 aliphatic carbocycles. The van der Waals surface area contributed by atoms with Gasteiger partial charge in [-0.3, -0.25) is 4.79 Å². The normalized spacial score (nSPS) is 19.8. The fourth-order valence-corrected chi connectivity index (χ4v) is 2.14. The van der Waals surface area contributed by atoms with E-state index in [2.05, 4.69) is 36.4 Å². The maximum atomic E-state index is 12.2. The van der Waals surface area contributed by atoms with Crippen molar-refractivity contribution in [2.75, 3.05) is 19.7 Å². The number of rotatable bonds is 4. The molecule has 0 radical (unpaired) electrons. The highest BCUT2D eigenvalue weighted by atomic mass is 16.5. The van der Waals surface area contributed by atoms with E-state index in [1.807, 2.05) is 18.0 Å². The maximum absolute atomic E-state index is 12.2. The molecule has 7 heteroatoms. The molecule has 1 aliphatic rings. The molecule has 0 saturated carbocycles. The lowest BCUT2D eigenvalue weighted by molar-refractivity contribution is -0.139. The van der Waals surface area contributed by atoms with Gasteiger partial charge in [0.05, 0.1) is 24.6 Å². The van der Waals surface area contributed by atoms with Crippen molar-refractivity contribution < 1.29 is 9.53 Å². The van der Waals surface area contributed by atoms with E-state index in [1.165, 1.54) is 0 Å². The van der Waals surface area contributed by atoms with Gasteiger partial charge in [-0.1, -0.05) is 5.21 Å². The molecule has 1 aliphatic heterocycles. The minimum Gasteiger partial charge on any atom is -0.375 e. The van der Waals surface area contributed by atoms with Crippen molar-refractivity contribution in [3.8, 4) is 0 Å². The smallest absolute Gasteiger partial charge is 0.244 e. The molecule has 1 amide bonds. The number of hydrogen-bond acceptors (Lipinski definition) is 5. The second-order valence-electron chi connectivity index (χ2n) is 6.53. The summed E-state index contributed by atoms with van der Waals surface area (Å²) in [4.78, 5) is 14.0. The summed E-state index contributed by atoms with van der Waals surface area (Å²) in [7, 11) is 0. The van der Waals surface area contributed by atoms with Gasteiger partial charge in [0.2, 0.25) is 5.91 Å². The Bertz CT molecular complexity index is 480. The lowest BCUT2D eigenvalue weighted by atomic mass is 10.1. The molecule has 2 heterocycles. The summed E-state index contributed by atoms with van der Waals surface area (Å²) < 4.78 is 7.04. The Balaban J connectivity index is 1.85. The van der Waals surface area contributed by atoms with Gasteiger partial charge in [0.25, 0.3) is 0 Å². The Labute approximate surface area is 125 Å². The van der Waals surface area contributed by atoms with E-state index in [0.29, 0.717) is 26.2 Å². The van der Waals surface area contributed by atoms with Crippen LogP contribution in [0.25, 0.3) is 0 Å². The van der Waals surface area contributed by atoms with Gasteiger partial charge in [-0.2, -0.15) is 0 Å². The van der Waals surface area contributed by atoms with Crippen LogP contribution in [0.1, 0.15) is 33.4 Å². The van der Waals surface area contributed by atoms with E-state index in [-0.39, 0.29) is 24.1 Å². The van der Waals surface area contributed by atoms with Crippen molar-refractivity contribution >= 4 is 5.91 Å². The molecule has 0 bridgehead atoms. The first-order valence-electron chi connectivity index (χ1n) is 7.37. The molecule has 1 N–H and O–H groups in total. The molecule has 7 nitrogen and oxygen atoms in total. The standard InChI is InChI=1S/C14H25N5O2/c1-11-8-18(5-6-21-11)13(20)10-19-9-12(16-17-19)7-15-14(2,3)4/h9,11,15H,5-8,10H2,1-4H3. The average molecular weight is 295 g/mol.